The van der Waals surface area contributed by atoms with Crippen molar-refractivity contribution in [2.45, 2.75) is 0 Å². The Balaban J connectivity index is 1.20. The second-order valence-corrected chi connectivity index (χ2v) is 12.5. The van der Waals surface area contributed by atoms with Gasteiger partial charge in [0.2, 0.25) is 0 Å². The van der Waals surface area contributed by atoms with Crippen LogP contribution in [0.2, 0.25) is 0 Å². The third-order valence-electron chi connectivity index (χ3n) is 9.75. The van der Waals surface area contributed by atoms with Gasteiger partial charge in [-0.05, 0) is 77.0 Å². The Labute approximate surface area is 283 Å². The van der Waals surface area contributed by atoms with Crippen molar-refractivity contribution in [2.75, 3.05) is 4.90 Å². The van der Waals surface area contributed by atoms with Gasteiger partial charge in [-0.2, -0.15) is 0 Å². The van der Waals surface area contributed by atoms with Crippen LogP contribution in [0.4, 0.5) is 17.1 Å². The molecule has 0 radical (unpaired) electrons. The van der Waals surface area contributed by atoms with Gasteiger partial charge < -0.3 is 13.9 Å². The van der Waals surface area contributed by atoms with E-state index in [4.69, 9.17) is 4.42 Å². The highest BCUT2D eigenvalue weighted by atomic mass is 16.3. The number of rotatable bonds is 5. The predicted octanol–water partition coefficient (Wildman–Crippen LogP) is 13.0. The summed E-state index contributed by atoms with van der Waals surface area (Å²) in [4.78, 5) is 2.28. The molecule has 2 aromatic heterocycles. The van der Waals surface area contributed by atoms with Gasteiger partial charge in [-0.25, -0.2) is 0 Å². The summed E-state index contributed by atoms with van der Waals surface area (Å²) in [6.45, 7) is 0. The van der Waals surface area contributed by atoms with Gasteiger partial charge in [0.15, 0.2) is 5.58 Å². The molecule has 3 heteroatoms. The molecule has 0 saturated heterocycles. The summed E-state index contributed by atoms with van der Waals surface area (Å²) in [5.74, 6) is 0. The molecule has 230 valence electrons. The predicted molar refractivity (Wildman–Crippen MR) is 206 cm³/mol. The molecule has 2 heterocycles. The summed E-state index contributed by atoms with van der Waals surface area (Å²) in [7, 11) is 0. The lowest BCUT2D eigenvalue weighted by atomic mass is 9.95. The first kappa shape index (κ1) is 27.5. The van der Waals surface area contributed by atoms with Crippen LogP contribution in [-0.2, 0) is 0 Å². The fraction of sp³-hybridized carbons (Fsp3) is 0. The second-order valence-electron chi connectivity index (χ2n) is 12.5. The minimum absolute atomic E-state index is 0.865. The lowest BCUT2D eigenvalue weighted by molar-refractivity contribution is 0.670. The molecule has 0 saturated carbocycles. The molecule has 0 aliphatic heterocycles. The quantitative estimate of drug-likeness (QED) is 0.190. The number of benzene rings is 8. The molecule has 0 spiro atoms. The summed E-state index contributed by atoms with van der Waals surface area (Å²) >= 11 is 0. The highest BCUT2D eigenvalue weighted by Crippen LogP contribution is 2.46. The minimum atomic E-state index is 0.865. The Kier molecular flexibility index (Phi) is 6.18. The van der Waals surface area contributed by atoms with Crippen LogP contribution in [-0.4, -0.2) is 4.57 Å². The Morgan fingerprint density at radius 1 is 0.408 bits per heavy atom. The van der Waals surface area contributed by atoms with E-state index in [-0.39, 0.29) is 0 Å². The Hall–Kier alpha value is -6.58. The third-order valence-corrected chi connectivity index (χ3v) is 9.75. The molecule has 0 aliphatic carbocycles. The first-order chi connectivity index (χ1) is 24.3. The smallest absolute Gasteiger partial charge is 0.159 e. The van der Waals surface area contributed by atoms with Gasteiger partial charge in [0, 0.05) is 44.2 Å². The van der Waals surface area contributed by atoms with Crippen LogP contribution in [0.1, 0.15) is 0 Å². The first-order valence-corrected chi connectivity index (χ1v) is 16.7. The number of fused-ring (bicyclic) bond motifs is 7. The van der Waals surface area contributed by atoms with Crippen molar-refractivity contribution in [1.82, 2.24) is 4.57 Å². The summed E-state index contributed by atoms with van der Waals surface area (Å²) < 4.78 is 9.44. The molecule has 0 aliphatic rings. The van der Waals surface area contributed by atoms with E-state index >= 15 is 0 Å². The van der Waals surface area contributed by atoms with Gasteiger partial charge in [0.05, 0.1) is 16.7 Å². The van der Waals surface area contributed by atoms with Crippen LogP contribution in [0.5, 0.6) is 0 Å². The molecule has 0 amide bonds. The Morgan fingerprint density at radius 3 is 1.61 bits per heavy atom. The van der Waals surface area contributed by atoms with Crippen LogP contribution in [0.25, 0.3) is 71.3 Å². The van der Waals surface area contributed by atoms with Crippen LogP contribution in [0, 0.1) is 0 Å². The van der Waals surface area contributed by atoms with E-state index in [1.807, 2.05) is 0 Å². The van der Waals surface area contributed by atoms with E-state index in [2.05, 4.69) is 191 Å². The van der Waals surface area contributed by atoms with E-state index in [1.54, 1.807) is 0 Å². The maximum atomic E-state index is 7.07. The second kappa shape index (κ2) is 11.0. The summed E-state index contributed by atoms with van der Waals surface area (Å²) in [5.41, 5.74) is 10.7. The first-order valence-electron chi connectivity index (χ1n) is 16.7. The van der Waals surface area contributed by atoms with Gasteiger partial charge in [-0.1, -0.05) is 121 Å². The van der Waals surface area contributed by atoms with Crippen molar-refractivity contribution < 1.29 is 4.42 Å². The monoisotopic (exact) mass is 626 g/mol. The molecule has 0 bridgehead atoms. The van der Waals surface area contributed by atoms with E-state index in [0.717, 1.165) is 55.8 Å². The topological polar surface area (TPSA) is 21.3 Å². The van der Waals surface area contributed by atoms with Crippen LogP contribution in [0.15, 0.2) is 186 Å². The van der Waals surface area contributed by atoms with Crippen molar-refractivity contribution in [3.05, 3.63) is 182 Å². The summed E-state index contributed by atoms with van der Waals surface area (Å²) in [6.07, 6.45) is 0. The highest BCUT2D eigenvalue weighted by Gasteiger charge is 2.22. The zero-order valence-electron chi connectivity index (χ0n) is 26.6. The fourth-order valence-electron chi connectivity index (χ4n) is 7.60. The van der Waals surface area contributed by atoms with Gasteiger partial charge in [-0.15, -0.1) is 0 Å². The fourth-order valence-corrected chi connectivity index (χ4v) is 7.60. The lowest BCUT2D eigenvalue weighted by Crippen LogP contribution is -2.09. The molecule has 10 aromatic rings. The van der Waals surface area contributed by atoms with Crippen molar-refractivity contribution in [1.29, 1.82) is 0 Å². The van der Waals surface area contributed by atoms with Crippen molar-refractivity contribution in [3.8, 4) is 16.8 Å². The summed E-state index contributed by atoms with van der Waals surface area (Å²) in [5, 5.41) is 7.08. The number of hydrogen-bond donors (Lipinski definition) is 0. The van der Waals surface area contributed by atoms with Crippen LogP contribution < -0.4 is 4.90 Å². The van der Waals surface area contributed by atoms with Gasteiger partial charge in [0.25, 0.3) is 0 Å². The average Bonchev–Trinajstić information content (AvgIpc) is 3.71. The van der Waals surface area contributed by atoms with Crippen molar-refractivity contribution in [3.63, 3.8) is 0 Å². The maximum absolute atomic E-state index is 7.07. The zero-order valence-corrected chi connectivity index (χ0v) is 26.6. The van der Waals surface area contributed by atoms with E-state index in [9.17, 15) is 0 Å². The molecule has 10 rings (SSSR count). The number of aromatic nitrogens is 1. The molecule has 49 heavy (non-hydrogen) atoms. The van der Waals surface area contributed by atoms with Gasteiger partial charge >= 0.3 is 0 Å². The number of furan rings is 1. The molecule has 0 fully saturated rings. The van der Waals surface area contributed by atoms with E-state index in [0.29, 0.717) is 0 Å². The molecule has 0 unspecified atom stereocenters. The van der Waals surface area contributed by atoms with Crippen LogP contribution >= 0.6 is 0 Å². The molecule has 0 atom stereocenters. The zero-order chi connectivity index (χ0) is 32.3. The largest absolute Gasteiger partial charge is 0.453 e. The number of para-hydroxylation sites is 5. The van der Waals surface area contributed by atoms with E-state index < -0.39 is 0 Å². The summed E-state index contributed by atoms with van der Waals surface area (Å²) in [6, 6.07) is 64.7. The standard InChI is InChI=1S/C46H30N2O/c1-3-15-33(16-4-1)47(34-17-5-2-6-18-34)43-25-13-22-39-40-30-32-14-7-8-19-36(32)44(46(40)49-45(39)43)31-26-28-35(29-27-31)48-41-23-11-9-20-37(41)38-21-10-12-24-42(38)48/h1-30H. The number of hydrogen-bond acceptors (Lipinski definition) is 2. The molecule has 3 nitrogen and oxygen atoms in total. The average molecular weight is 627 g/mol. The SMILES string of the molecule is c1ccc(N(c2ccccc2)c2cccc3c2oc2c(-c4ccc(-n5c6ccccc6c6ccccc65)cc4)c4ccccc4cc23)cc1. The maximum Gasteiger partial charge on any atom is 0.159 e. The number of anilines is 3. The lowest BCUT2D eigenvalue weighted by Gasteiger charge is -2.25. The highest BCUT2D eigenvalue weighted by molar-refractivity contribution is 6.20. The van der Waals surface area contributed by atoms with E-state index in [1.165, 1.54) is 32.6 Å². The molecule has 8 aromatic carbocycles. The number of nitrogens with zero attached hydrogens (tertiary/aromatic N) is 2. The third kappa shape index (κ3) is 4.29. The van der Waals surface area contributed by atoms with Crippen LogP contribution in [0.3, 0.4) is 0 Å². The van der Waals surface area contributed by atoms with Crippen molar-refractivity contribution >= 4 is 71.6 Å². The van der Waals surface area contributed by atoms with Gasteiger partial charge in [-0.3, -0.25) is 0 Å². The molecular formula is C46H30N2O. The minimum Gasteiger partial charge on any atom is -0.453 e. The molecule has 0 N–H and O–H groups in total. The molecular weight excluding hydrogens is 597 g/mol. The van der Waals surface area contributed by atoms with Gasteiger partial charge in [0.1, 0.15) is 5.58 Å². The van der Waals surface area contributed by atoms with Crippen molar-refractivity contribution in [2.24, 2.45) is 0 Å². The normalized spacial score (nSPS) is 11.7. The Morgan fingerprint density at radius 2 is 0.959 bits per heavy atom. The Bertz CT molecular complexity index is 2720.